The normalized spacial score (nSPS) is 19.2. The van der Waals surface area contributed by atoms with Crippen molar-refractivity contribution in [2.45, 2.75) is 31.4 Å². The molecule has 0 saturated carbocycles. The summed E-state index contributed by atoms with van der Waals surface area (Å²) in [5, 5.41) is 11.5. The van der Waals surface area contributed by atoms with Gasteiger partial charge in [0.2, 0.25) is 5.91 Å². The summed E-state index contributed by atoms with van der Waals surface area (Å²) in [7, 11) is 0. The Morgan fingerprint density at radius 3 is 2.62 bits per heavy atom. The Balaban J connectivity index is 1.69. The van der Waals surface area contributed by atoms with Crippen molar-refractivity contribution in [1.29, 1.82) is 0 Å². The van der Waals surface area contributed by atoms with Crippen molar-refractivity contribution in [3.05, 3.63) is 42.1 Å². The lowest BCUT2D eigenvalue weighted by atomic mass is 10.1. The molecule has 0 aliphatic carbocycles. The SMILES string of the molecule is O=C(NCc1cc(-c2ccc(C(F)(F)F)nc2)ncn1)[C@@H]1[C@H](F)CCN1C(=O)O. The molecule has 2 atom stereocenters. The minimum absolute atomic E-state index is 0.0665. The van der Waals surface area contributed by atoms with Crippen molar-refractivity contribution in [2.75, 3.05) is 6.54 Å². The van der Waals surface area contributed by atoms with Crippen LogP contribution in [-0.4, -0.2) is 55.7 Å². The summed E-state index contributed by atoms with van der Waals surface area (Å²) in [6.07, 6.45) is -5.44. The summed E-state index contributed by atoms with van der Waals surface area (Å²) in [4.78, 5) is 35.3. The van der Waals surface area contributed by atoms with Gasteiger partial charge in [0.05, 0.1) is 17.9 Å². The van der Waals surface area contributed by atoms with Crippen LogP contribution in [0.5, 0.6) is 0 Å². The summed E-state index contributed by atoms with van der Waals surface area (Å²) in [5.41, 5.74) is -0.145. The number of carbonyl (C=O) groups excluding carboxylic acids is 1. The van der Waals surface area contributed by atoms with Gasteiger partial charge in [-0.15, -0.1) is 0 Å². The van der Waals surface area contributed by atoms with Crippen molar-refractivity contribution in [3.63, 3.8) is 0 Å². The fourth-order valence-electron chi connectivity index (χ4n) is 2.92. The number of likely N-dealkylation sites (tertiary alicyclic amines) is 1. The summed E-state index contributed by atoms with van der Waals surface area (Å²) >= 11 is 0. The van der Waals surface area contributed by atoms with Crippen LogP contribution in [0.1, 0.15) is 17.8 Å². The molecule has 2 amide bonds. The summed E-state index contributed by atoms with van der Waals surface area (Å²) in [6.45, 7) is -0.216. The molecule has 12 heteroatoms. The Labute approximate surface area is 161 Å². The number of hydrogen-bond donors (Lipinski definition) is 2. The van der Waals surface area contributed by atoms with Gasteiger partial charge in [0.25, 0.3) is 0 Å². The molecule has 8 nitrogen and oxygen atoms in total. The van der Waals surface area contributed by atoms with E-state index in [4.69, 9.17) is 5.11 Å². The number of nitrogens with zero attached hydrogens (tertiary/aromatic N) is 4. The molecule has 1 saturated heterocycles. The average molecular weight is 413 g/mol. The number of nitrogens with one attached hydrogen (secondary N) is 1. The molecule has 3 rings (SSSR count). The van der Waals surface area contributed by atoms with Crippen molar-refractivity contribution in [1.82, 2.24) is 25.2 Å². The highest BCUT2D eigenvalue weighted by molar-refractivity contribution is 5.86. The molecular weight excluding hydrogens is 398 g/mol. The smallest absolute Gasteiger partial charge is 0.433 e. The van der Waals surface area contributed by atoms with E-state index in [1.54, 1.807) is 0 Å². The molecule has 0 radical (unpaired) electrons. The average Bonchev–Trinajstić information content (AvgIpc) is 3.08. The summed E-state index contributed by atoms with van der Waals surface area (Å²) in [5.74, 6) is -0.797. The summed E-state index contributed by atoms with van der Waals surface area (Å²) < 4.78 is 51.7. The Bertz CT molecular complexity index is 907. The van der Waals surface area contributed by atoms with Crippen LogP contribution >= 0.6 is 0 Å². The van der Waals surface area contributed by atoms with E-state index >= 15 is 0 Å². The number of carboxylic acid groups (broad SMARTS) is 1. The zero-order valence-electron chi connectivity index (χ0n) is 14.7. The maximum absolute atomic E-state index is 13.9. The van der Waals surface area contributed by atoms with Gasteiger partial charge < -0.3 is 10.4 Å². The first-order chi connectivity index (χ1) is 13.7. The molecule has 2 N–H and O–H groups in total. The lowest BCUT2D eigenvalue weighted by Gasteiger charge is -2.21. The van der Waals surface area contributed by atoms with Crippen LogP contribution in [0.4, 0.5) is 22.4 Å². The molecule has 0 spiro atoms. The number of carbonyl (C=O) groups is 2. The van der Waals surface area contributed by atoms with Crippen LogP contribution in [0.2, 0.25) is 0 Å². The van der Waals surface area contributed by atoms with Gasteiger partial charge in [-0.1, -0.05) is 0 Å². The fourth-order valence-corrected chi connectivity index (χ4v) is 2.92. The zero-order valence-corrected chi connectivity index (χ0v) is 14.7. The summed E-state index contributed by atoms with van der Waals surface area (Å²) in [6, 6.07) is 2.02. The van der Waals surface area contributed by atoms with Gasteiger partial charge in [-0.25, -0.2) is 19.2 Å². The monoisotopic (exact) mass is 413 g/mol. The molecule has 1 aliphatic rings. The molecule has 2 aromatic rings. The van der Waals surface area contributed by atoms with Gasteiger partial charge in [-0.3, -0.25) is 14.7 Å². The maximum Gasteiger partial charge on any atom is 0.433 e. The Kier molecular flexibility index (Phi) is 5.62. The second-order valence-corrected chi connectivity index (χ2v) is 6.27. The Morgan fingerprint density at radius 2 is 2.00 bits per heavy atom. The van der Waals surface area contributed by atoms with E-state index in [-0.39, 0.29) is 25.2 Å². The highest BCUT2D eigenvalue weighted by Crippen LogP contribution is 2.28. The highest BCUT2D eigenvalue weighted by atomic mass is 19.4. The first kappa shape index (κ1) is 20.4. The molecule has 0 bridgehead atoms. The standard InChI is InChI=1S/C17H15F4N5O3/c18-11-3-4-26(16(28)29)14(11)15(27)23-7-10-5-12(25-8-24-10)9-1-2-13(22-6-9)17(19,20)21/h1-2,5-6,8,11,14H,3-4,7H2,(H,23,27)(H,28,29)/t11-,14+/m1/s1. The van der Waals surface area contributed by atoms with Gasteiger partial charge in [0.15, 0.2) is 0 Å². The van der Waals surface area contributed by atoms with Crippen molar-refractivity contribution >= 4 is 12.0 Å². The Morgan fingerprint density at radius 1 is 1.24 bits per heavy atom. The van der Waals surface area contributed by atoms with E-state index in [9.17, 15) is 27.2 Å². The minimum Gasteiger partial charge on any atom is -0.465 e. The van der Waals surface area contributed by atoms with Crippen LogP contribution in [0.3, 0.4) is 0 Å². The molecule has 0 aromatic carbocycles. The topological polar surface area (TPSA) is 108 Å². The number of aromatic nitrogens is 3. The highest BCUT2D eigenvalue weighted by Gasteiger charge is 2.42. The van der Waals surface area contributed by atoms with E-state index in [0.717, 1.165) is 23.5 Å². The van der Waals surface area contributed by atoms with E-state index < -0.39 is 36.1 Å². The molecule has 2 aromatic heterocycles. The second-order valence-electron chi connectivity index (χ2n) is 6.27. The predicted octanol–water partition coefficient (Wildman–Crippen LogP) is 2.26. The largest absolute Gasteiger partial charge is 0.465 e. The number of pyridine rings is 1. The number of alkyl halides is 4. The molecule has 3 heterocycles. The molecule has 29 heavy (non-hydrogen) atoms. The molecular formula is C17H15F4N5O3. The van der Waals surface area contributed by atoms with Gasteiger partial charge in [-0.2, -0.15) is 13.2 Å². The van der Waals surface area contributed by atoms with Crippen LogP contribution < -0.4 is 5.32 Å². The van der Waals surface area contributed by atoms with Crippen LogP contribution in [0, 0.1) is 0 Å². The molecule has 0 unspecified atom stereocenters. The number of hydrogen-bond acceptors (Lipinski definition) is 5. The van der Waals surface area contributed by atoms with Crippen LogP contribution in [-0.2, 0) is 17.5 Å². The first-order valence-corrected chi connectivity index (χ1v) is 8.42. The first-order valence-electron chi connectivity index (χ1n) is 8.42. The number of amides is 2. The van der Waals surface area contributed by atoms with E-state index in [1.165, 1.54) is 12.1 Å². The van der Waals surface area contributed by atoms with Crippen molar-refractivity contribution < 1.29 is 32.3 Å². The number of rotatable bonds is 4. The lowest BCUT2D eigenvalue weighted by Crippen LogP contribution is -2.48. The number of halogens is 4. The third-order valence-electron chi connectivity index (χ3n) is 4.36. The van der Waals surface area contributed by atoms with Gasteiger partial charge in [-0.05, 0) is 24.6 Å². The minimum atomic E-state index is -4.56. The quantitative estimate of drug-likeness (QED) is 0.745. The molecule has 154 valence electrons. The maximum atomic E-state index is 13.9. The zero-order chi connectivity index (χ0) is 21.2. The van der Waals surface area contributed by atoms with Crippen LogP contribution in [0.25, 0.3) is 11.3 Å². The van der Waals surface area contributed by atoms with Gasteiger partial charge >= 0.3 is 12.3 Å². The van der Waals surface area contributed by atoms with E-state index in [0.29, 0.717) is 11.3 Å². The van der Waals surface area contributed by atoms with Crippen molar-refractivity contribution in [2.24, 2.45) is 0 Å². The third kappa shape index (κ3) is 4.58. The molecule has 1 aliphatic heterocycles. The van der Waals surface area contributed by atoms with Crippen molar-refractivity contribution in [3.8, 4) is 11.3 Å². The second kappa shape index (κ2) is 7.97. The Hall–Kier alpha value is -3.31. The molecule has 1 fully saturated rings. The van der Waals surface area contributed by atoms with E-state index in [1.807, 2.05) is 0 Å². The van der Waals surface area contributed by atoms with Crippen LogP contribution in [0.15, 0.2) is 30.7 Å². The van der Waals surface area contributed by atoms with Gasteiger partial charge in [0, 0.05) is 18.3 Å². The lowest BCUT2D eigenvalue weighted by molar-refractivity contribution is -0.141. The third-order valence-corrected chi connectivity index (χ3v) is 4.36. The fraction of sp³-hybridized carbons (Fsp3) is 0.353. The van der Waals surface area contributed by atoms with E-state index in [2.05, 4.69) is 20.3 Å². The van der Waals surface area contributed by atoms with Gasteiger partial charge in [0.1, 0.15) is 24.2 Å². The predicted molar refractivity (Wildman–Crippen MR) is 90.1 cm³/mol.